The first-order chi connectivity index (χ1) is 9.74. The molecule has 20 heavy (non-hydrogen) atoms. The summed E-state index contributed by atoms with van der Waals surface area (Å²) in [6.45, 7) is 4.06. The van der Waals surface area contributed by atoms with Crippen LogP contribution in [-0.2, 0) is 6.42 Å². The van der Waals surface area contributed by atoms with Crippen molar-refractivity contribution in [1.82, 2.24) is 4.37 Å². The maximum Gasteiger partial charge on any atom is 0.161 e. The number of hydrogen-bond acceptors (Lipinski definition) is 6. The molecule has 6 heteroatoms. The molecule has 1 aliphatic rings. The van der Waals surface area contributed by atoms with Crippen LogP contribution in [0.4, 0.5) is 10.8 Å². The molecule has 2 heterocycles. The lowest BCUT2D eigenvalue weighted by molar-refractivity contribution is 0.171. The fraction of sp³-hybridized carbons (Fsp3) is 0.357. The van der Waals surface area contributed by atoms with Crippen molar-refractivity contribution in [2.45, 2.75) is 13.3 Å². The highest BCUT2D eigenvalue weighted by Crippen LogP contribution is 2.31. The fourth-order valence-electron chi connectivity index (χ4n) is 2.08. The molecule has 0 radical (unpaired) electrons. The molecule has 5 nitrogen and oxygen atoms in total. The van der Waals surface area contributed by atoms with Gasteiger partial charge in [0.2, 0.25) is 0 Å². The number of nitrogens with two attached hydrogens (primary N) is 1. The van der Waals surface area contributed by atoms with Gasteiger partial charge in [-0.25, -0.2) is 0 Å². The van der Waals surface area contributed by atoms with Crippen molar-refractivity contribution < 1.29 is 9.47 Å². The molecule has 0 amide bonds. The van der Waals surface area contributed by atoms with E-state index in [0.717, 1.165) is 35.0 Å². The number of aromatic nitrogens is 1. The van der Waals surface area contributed by atoms with Crippen LogP contribution in [0.15, 0.2) is 18.2 Å². The van der Waals surface area contributed by atoms with Crippen molar-refractivity contribution in [1.29, 1.82) is 0 Å². The van der Waals surface area contributed by atoms with Crippen LogP contribution < -0.4 is 20.5 Å². The van der Waals surface area contributed by atoms with Crippen LogP contribution in [-0.4, -0.2) is 24.1 Å². The lowest BCUT2D eigenvalue weighted by atomic mass is 10.1. The van der Waals surface area contributed by atoms with Gasteiger partial charge < -0.3 is 20.5 Å². The Balaban J connectivity index is 1.60. The molecule has 3 N–H and O–H groups in total. The summed E-state index contributed by atoms with van der Waals surface area (Å²) >= 11 is 1.40. The van der Waals surface area contributed by atoms with Crippen LogP contribution in [0, 0.1) is 6.92 Å². The zero-order valence-corrected chi connectivity index (χ0v) is 12.1. The van der Waals surface area contributed by atoms with Crippen molar-refractivity contribution in [3.05, 3.63) is 29.3 Å². The summed E-state index contributed by atoms with van der Waals surface area (Å²) in [5.41, 5.74) is 7.97. The molecule has 1 aromatic carbocycles. The second-order valence-corrected chi connectivity index (χ2v) is 5.45. The topological polar surface area (TPSA) is 69.4 Å². The maximum absolute atomic E-state index is 5.73. The van der Waals surface area contributed by atoms with Crippen molar-refractivity contribution in [3.63, 3.8) is 0 Å². The summed E-state index contributed by atoms with van der Waals surface area (Å²) in [5, 5.41) is 4.41. The summed E-state index contributed by atoms with van der Waals surface area (Å²) in [6, 6.07) is 6.09. The number of anilines is 2. The largest absolute Gasteiger partial charge is 0.486 e. The highest BCUT2D eigenvalue weighted by Gasteiger charge is 2.11. The zero-order chi connectivity index (χ0) is 13.9. The first-order valence-corrected chi connectivity index (χ1v) is 7.35. The van der Waals surface area contributed by atoms with E-state index in [1.807, 2.05) is 19.1 Å². The average Bonchev–Trinajstić information content (AvgIpc) is 2.79. The molecule has 2 aromatic rings. The minimum absolute atomic E-state index is 0.608. The van der Waals surface area contributed by atoms with Gasteiger partial charge in [0, 0.05) is 12.1 Å². The van der Waals surface area contributed by atoms with Gasteiger partial charge in [-0.15, -0.1) is 0 Å². The Morgan fingerprint density at radius 2 is 2.10 bits per heavy atom. The van der Waals surface area contributed by atoms with E-state index in [0.29, 0.717) is 19.0 Å². The normalized spacial score (nSPS) is 13.2. The summed E-state index contributed by atoms with van der Waals surface area (Å²) in [4.78, 5) is 0. The quantitative estimate of drug-likeness (QED) is 0.905. The van der Waals surface area contributed by atoms with Crippen LogP contribution in [0.1, 0.15) is 11.1 Å². The third kappa shape index (κ3) is 2.65. The smallest absolute Gasteiger partial charge is 0.161 e. The van der Waals surface area contributed by atoms with Gasteiger partial charge in [-0.2, -0.15) is 4.37 Å². The SMILES string of the molecule is Cc1c(N)nsc1NCCc1ccc2c(c1)OCCO2. The first-order valence-electron chi connectivity index (χ1n) is 6.58. The van der Waals surface area contributed by atoms with E-state index >= 15 is 0 Å². The lowest BCUT2D eigenvalue weighted by Crippen LogP contribution is -2.15. The molecule has 0 aliphatic carbocycles. The number of ether oxygens (including phenoxy) is 2. The molecule has 1 aliphatic heterocycles. The van der Waals surface area contributed by atoms with Crippen molar-refractivity contribution in [2.75, 3.05) is 30.8 Å². The highest BCUT2D eigenvalue weighted by molar-refractivity contribution is 7.10. The molecule has 106 valence electrons. The van der Waals surface area contributed by atoms with Gasteiger partial charge in [-0.05, 0) is 42.6 Å². The minimum atomic E-state index is 0.608. The van der Waals surface area contributed by atoms with E-state index in [9.17, 15) is 0 Å². The Labute approximate surface area is 121 Å². The van der Waals surface area contributed by atoms with Crippen LogP contribution in [0.25, 0.3) is 0 Å². The van der Waals surface area contributed by atoms with E-state index < -0.39 is 0 Å². The Kier molecular flexibility index (Phi) is 3.64. The Morgan fingerprint density at radius 3 is 2.85 bits per heavy atom. The maximum atomic E-state index is 5.73. The number of nitrogens with zero attached hydrogens (tertiary/aromatic N) is 1. The zero-order valence-electron chi connectivity index (χ0n) is 11.3. The molecular weight excluding hydrogens is 274 g/mol. The van der Waals surface area contributed by atoms with Crippen LogP contribution >= 0.6 is 11.5 Å². The Hall–Kier alpha value is -1.95. The number of benzene rings is 1. The summed E-state index contributed by atoms with van der Waals surface area (Å²) < 4.78 is 15.2. The predicted molar refractivity (Wildman–Crippen MR) is 80.9 cm³/mol. The number of nitrogen functional groups attached to an aromatic ring is 1. The number of nitrogens with one attached hydrogen (secondary N) is 1. The van der Waals surface area contributed by atoms with E-state index in [-0.39, 0.29) is 0 Å². The molecular formula is C14H17N3O2S. The Bertz CT molecular complexity index is 612. The molecule has 3 rings (SSSR count). The predicted octanol–water partition coefficient (Wildman–Crippen LogP) is 2.46. The third-order valence-electron chi connectivity index (χ3n) is 3.27. The van der Waals surface area contributed by atoms with Gasteiger partial charge in [0.05, 0.1) is 0 Å². The van der Waals surface area contributed by atoms with E-state index in [1.165, 1.54) is 17.1 Å². The standard InChI is InChI=1S/C14H17N3O2S/c1-9-13(15)17-20-14(9)16-5-4-10-2-3-11-12(8-10)19-7-6-18-11/h2-3,8,16H,4-7H2,1H3,(H2,15,17). The number of hydrogen-bond donors (Lipinski definition) is 2. The van der Waals surface area contributed by atoms with Gasteiger partial charge in [0.25, 0.3) is 0 Å². The molecule has 0 saturated carbocycles. The number of rotatable bonds is 4. The average molecular weight is 291 g/mol. The molecule has 0 unspecified atom stereocenters. The van der Waals surface area contributed by atoms with Gasteiger partial charge in [-0.1, -0.05) is 6.07 Å². The van der Waals surface area contributed by atoms with Crippen LogP contribution in [0.2, 0.25) is 0 Å². The van der Waals surface area contributed by atoms with Crippen LogP contribution in [0.5, 0.6) is 11.5 Å². The molecule has 1 aromatic heterocycles. The van der Waals surface area contributed by atoms with Crippen molar-refractivity contribution in [2.24, 2.45) is 0 Å². The van der Waals surface area contributed by atoms with Crippen molar-refractivity contribution >= 4 is 22.4 Å². The summed E-state index contributed by atoms with van der Waals surface area (Å²) in [5.74, 6) is 2.28. The molecule has 0 spiro atoms. The van der Waals surface area contributed by atoms with E-state index in [1.54, 1.807) is 0 Å². The molecule has 0 fully saturated rings. The fourth-order valence-corrected chi connectivity index (χ4v) is 2.81. The molecule has 0 saturated heterocycles. The van der Waals surface area contributed by atoms with Crippen molar-refractivity contribution in [3.8, 4) is 11.5 Å². The second kappa shape index (κ2) is 5.58. The molecule has 0 bridgehead atoms. The lowest BCUT2D eigenvalue weighted by Gasteiger charge is -2.18. The summed E-state index contributed by atoms with van der Waals surface area (Å²) in [7, 11) is 0. The monoisotopic (exact) mass is 291 g/mol. The van der Waals surface area contributed by atoms with E-state index in [2.05, 4.69) is 15.8 Å². The minimum Gasteiger partial charge on any atom is -0.486 e. The second-order valence-electron chi connectivity index (χ2n) is 4.68. The van der Waals surface area contributed by atoms with E-state index in [4.69, 9.17) is 15.2 Å². The highest BCUT2D eigenvalue weighted by atomic mass is 32.1. The van der Waals surface area contributed by atoms with Crippen LogP contribution in [0.3, 0.4) is 0 Å². The van der Waals surface area contributed by atoms with Gasteiger partial charge >= 0.3 is 0 Å². The van der Waals surface area contributed by atoms with Gasteiger partial charge in [0.15, 0.2) is 11.5 Å². The first kappa shape index (κ1) is 13.1. The molecule has 0 atom stereocenters. The number of fused-ring (bicyclic) bond motifs is 1. The Morgan fingerprint density at radius 1 is 1.30 bits per heavy atom. The third-order valence-corrected chi connectivity index (χ3v) is 4.19. The summed E-state index contributed by atoms with van der Waals surface area (Å²) in [6.07, 6.45) is 0.911. The van der Waals surface area contributed by atoms with Gasteiger partial charge in [-0.3, -0.25) is 0 Å². The van der Waals surface area contributed by atoms with Gasteiger partial charge in [0.1, 0.15) is 24.0 Å².